The highest BCUT2D eigenvalue weighted by molar-refractivity contribution is 7.95. The molecule has 0 saturated carbocycles. The number of ether oxygens (including phenoxy) is 2. The highest BCUT2D eigenvalue weighted by atomic mass is 32.2. The second kappa shape index (κ2) is 9.82. The van der Waals surface area contributed by atoms with Crippen molar-refractivity contribution in [2.24, 2.45) is 0 Å². The predicted molar refractivity (Wildman–Crippen MR) is 87.5 cm³/mol. The largest absolute Gasteiger partial charge is 0.491 e. The van der Waals surface area contributed by atoms with Crippen LogP contribution in [0, 0.1) is 0 Å². The molecule has 0 bridgehead atoms. The third kappa shape index (κ3) is 7.50. The molecule has 0 amide bonds. The molecule has 0 aliphatic heterocycles. The zero-order valence-corrected chi connectivity index (χ0v) is 13.8. The summed E-state index contributed by atoms with van der Waals surface area (Å²) in [7, 11) is 0.289. The van der Waals surface area contributed by atoms with Gasteiger partial charge in [0.15, 0.2) is 5.78 Å². The lowest BCUT2D eigenvalue weighted by atomic mass is 10.1. The van der Waals surface area contributed by atoms with Crippen LogP contribution in [0.5, 0.6) is 5.75 Å². The first kappa shape index (κ1) is 18.0. The zero-order valence-electron chi connectivity index (χ0n) is 13.0. The highest BCUT2D eigenvalue weighted by Gasteiger charge is 2.11. The molecule has 0 fully saturated rings. The van der Waals surface area contributed by atoms with E-state index in [9.17, 15) is 9.90 Å². The fourth-order valence-electron chi connectivity index (χ4n) is 1.67. The number of carbonyl (C=O) groups is 1. The van der Waals surface area contributed by atoms with Gasteiger partial charge in [0.05, 0.1) is 25.5 Å². The Morgan fingerprint density at radius 1 is 1.24 bits per heavy atom. The fourth-order valence-corrected chi connectivity index (χ4v) is 2.27. The number of aliphatic hydroxyl groups excluding tert-OH is 1. The van der Waals surface area contributed by atoms with Crippen LogP contribution in [0.15, 0.2) is 24.3 Å². The van der Waals surface area contributed by atoms with E-state index in [2.05, 4.69) is 12.5 Å². The van der Waals surface area contributed by atoms with E-state index in [0.717, 1.165) is 5.75 Å². The summed E-state index contributed by atoms with van der Waals surface area (Å²) < 4.78 is 10.6. The minimum atomic E-state index is -0.640. The van der Waals surface area contributed by atoms with E-state index >= 15 is 0 Å². The van der Waals surface area contributed by atoms with Crippen LogP contribution in [0.1, 0.15) is 23.7 Å². The first-order valence-corrected chi connectivity index (χ1v) is 9.30. The first-order chi connectivity index (χ1) is 10.0. The molecule has 21 heavy (non-hydrogen) atoms. The van der Waals surface area contributed by atoms with Crippen molar-refractivity contribution in [2.75, 3.05) is 38.1 Å². The minimum absolute atomic E-state index is 0.166. The van der Waals surface area contributed by atoms with Crippen molar-refractivity contribution < 1.29 is 19.4 Å². The Labute approximate surface area is 129 Å². The second-order valence-electron chi connectivity index (χ2n) is 5.01. The molecule has 5 heteroatoms. The number of ketones is 1. The van der Waals surface area contributed by atoms with Crippen molar-refractivity contribution in [2.45, 2.75) is 19.4 Å². The minimum Gasteiger partial charge on any atom is -0.491 e. The van der Waals surface area contributed by atoms with Gasteiger partial charge in [-0.25, -0.2) is 0 Å². The van der Waals surface area contributed by atoms with Crippen LogP contribution in [-0.4, -0.2) is 55.1 Å². The molecule has 1 aromatic rings. The number of hydrogen-bond acceptors (Lipinski definition) is 4. The van der Waals surface area contributed by atoms with Crippen molar-refractivity contribution in [3.8, 4) is 5.75 Å². The molecule has 118 valence electrons. The van der Waals surface area contributed by atoms with Gasteiger partial charge in [0.25, 0.3) is 0 Å². The first-order valence-electron chi connectivity index (χ1n) is 7.09. The number of carbonyl (C=O) groups excluding carboxylic acids is 1. The van der Waals surface area contributed by atoms with E-state index < -0.39 is 6.10 Å². The molecular weight excluding hydrogens is 288 g/mol. The van der Waals surface area contributed by atoms with Crippen LogP contribution in [-0.2, 0) is 15.6 Å². The van der Waals surface area contributed by atoms with Crippen LogP contribution in [0.3, 0.4) is 0 Å². The van der Waals surface area contributed by atoms with Gasteiger partial charge < -0.3 is 14.6 Å². The molecule has 0 saturated heterocycles. The smallest absolute Gasteiger partial charge is 0.167 e. The molecule has 0 spiro atoms. The molecule has 1 rings (SSSR count). The van der Waals surface area contributed by atoms with Crippen molar-refractivity contribution in [3.05, 3.63) is 29.8 Å². The number of Topliss-reactive ketones (excluding diaryl/α,β-unsaturated/α-hetero) is 1. The van der Waals surface area contributed by atoms with Gasteiger partial charge in [-0.2, -0.15) is 0 Å². The van der Waals surface area contributed by atoms with E-state index in [1.54, 1.807) is 24.3 Å². The lowest BCUT2D eigenvalue weighted by Gasteiger charge is -2.12. The van der Waals surface area contributed by atoms with E-state index in [4.69, 9.17) is 9.47 Å². The van der Waals surface area contributed by atoms with Gasteiger partial charge in [-0.1, -0.05) is 0 Å². The summed E-state index contributed by atoms with van der Waals surface area (Å²) >= 11 is 0. The van der Waals surface area contributed by atoms with Gasteiger partial charge in [-0.05, 0) is 42.1 Å². The van der Waals surface area contributed by atoms with Crippen molar-refractivity contribution in [1.82, 2.24) is 0 Å². The average molecular weight is 313 g/mol. The van der Waals surface area contributed by atoms with E-state index in [0.29, 0.717) is 24.3 Å². The Bertz CT molecular complexity index is 417. The zero-order chi connectivity index (χ0) is 15.7. The summed E-state index contributed by atoms with van der Waals surface area (Å²) in [5, 5.41) is 9.60. The predicted octanol–water partition coefficient (Wildman–Crippen LogP) is 1.91. The average Bonchev–Trinajstić information content (AvgIpc) is 2.49. The maximum absolute atomic E-state index is 12.0. The molecule has 0 aliphatic carbocycles. The van der Waals surface area contributed by atoms with Crippen LogP contribution >= 0.6 is 0 Å². The molecule has 1 aromatic carbocycles. The quantitative estimate of drug-likeness (QED) is 0.529. The van der Waals surface area contributed by atoms with Crippen molar-refractivity contribution in [3.63, 3.8) is 0 Å². The topological polar surface area (TPSA) is 55.8 Å². The lowest BCUT2D eigenvalue weighted by molar-refractivity contribution is 0.0164. The van der Waals surface area contributed by atoms with Crippen LogP contribution < -0.4 is 4.74 Å². The maximum Gasteiger partial charge on any atom is 0.167 e. The van der Waals surface area contributed by atoms with Crippen LogP contribution in [0.4, 0.5) is 0 Å². The van der Waals surface area contributed by atoms with Crippen molar-refractivity contribution in [1.29, 1.82) is 0 Å². The molecule has 0 aliphatic rings. The Morgan fingerprint density at radius 2 is 1.90 bits per heavy atom. The monoisotopic (exact) mass is 313 g/mol. The van der Waals surface area contributed by atoms with Crippen molar-refractivity contribution >= 4 is 16.7 Å². The standard InChI is InChI=1S/C16H25O4S/c1-4-19-11-14(17)12-20-15-7-5-13(6-8-15)16(18)9-10-21(2)3/h5-8,14,17H,4,9-12H2,1-3H3/q+1. The highest BCUT2D eigenvalue weighted by Crippen LogP contribution is 2.14. The Hall–Kier alpha value is -1.04. The Kier molecular flexibility index (Phi) is 8.42. The normalized spacial score (nSPS) is 12.4. The third-order valence-electron chi connectivity index (χ3n) is 2.87. The third-order valence-corrected chi connectivity index (χ3v) is 3.89. The molecule has 0 radical (unpaired) electrons. The van der Waals surface area contributed by atoms with Crippen LogP contribution in [0.25, 0.3) is 0 Å². The summed E-state index contributed by atoms with van der Waals surface area (Å²) in [6.07, 6.45) is 4.22. The molecule has 4 nitrogen and oxygen atoms in total. The number of aliphatic hydroxyl groups is 1. The maximum atomic E-state index is 12.0. The summed E-state index contributed by atoms with van der Waals surface area (Å²) in [6, 6.07) is 7.07. The van der Waals surface area contributed by atoms with E-state index in [-0.39, 0.29) is 29.9 Å². The fraction of sp³-hybridized carbons (Fsp3) is 0.562. The molecular formula is C16H25O4S+. The van der Waals surface area contributed by atoms with E-state index in [1.165, 1.54) is 0 Å². The summed E-state index contributed by atoms with van der Waals surface area (Å²) in [5.74, 6) is 1.74. The summed E-state index contributed by atoms with van der Waals surface area (Å²) in [6.45, 7) is 2.90. The Balaban J connectivity index is 2.41. The molecule has 1 unspecified atom stereocenters. The summed E-state index contributed by atoms with van der Waals surface area (Å²) in [4.78, 5) is 12.0. The summed E-state index contributed by atoms with van der Waals surface area (Å²) in [5.41, 5.74) is 0.711. The van der Waals surface area contributed by atoms with Gasteiger partial charge in [0, 0.05) is 12.2 Å². The second-order valence-corrected chi connectivity index (χ2v) is 7.39. The van der Waals surface area contributed by atoms with Gasteiger partial charge in [-0.3, -0.25) is 4.79 Å². The van der Waals surface area contributed by atoms with Crippen LogP contribution in [0.2, 0.25) is 0 Å². The Morgan fingerprint density at radius 3 is 2.48 bits per heavy atom. The molecule has 0 aromatic heterocycles. The molecule has 1 N–H and O–H groups in total. The number of benzene rings is 1. The SMILES string of the molecule is CCOCC(O)COc1ccc(C(=O)CC[S+](C)C)cc1. The number of hydrogen-bond donors (Lipinski definition) is 1. The molecule has 1 atom stereocenters. The van der Waals surface area contributed by atoms with Gasteiger partial charge >= 0.3 is 0 Å². The molecule has 0 heterocycles. The lowest BCUT2D eigenvalue weighted by Crippen LogP contribution is -2.23. The van der Waals surface area contributed by atoms with Gasteiger partial charge in [0.1, 0.15) is 24.2 Å². The van der Waals surface area contributed by atoms with Gasteiger partial charge in [-0.15, -0.1) is 0 Å². The van der Waals surface area contributed by atoms with E-state index in [1.807, 2.05) is 6.92 Å². The number of rotatable bonds is 10. The van der Waals surface area contributed by atoms with Gasteiger partial charge in [0.2, 0.25) is 0 Å².